The normalized spacial score (nSPS) is 16.5. The second-order valence-corrected chi connectivity index (χ2v) is 9.45. The minimum absolute atomic E-state index is 0. The number of nitrogens with zero attached hydrogens (tertiary/aromatic N) is 2. The largest absolute Gasteiger partial charge is 0.356 e. The Kier molecular flexibility index (Phi) is 10.8. The highest BCUT2D eigenvalue weighted by atomic mass is 127. The van der Waals surface area contributed by atoms with E-state index in [0.717, 1.165) is 23.6 Å². The van der Waals surface area contributed by atoms with Crippen LogP contribution in [0.3, 0.4) is 0 Å². The molecule has 160 valence electrons. The number of halogens is 1. The predicted octanol–water partition coefficient (Wildman–Crippen LogP) is 2.80. The Labute approximate surface area is 187 Å². The molecule has 0 amide bonds. The topological polar surface area (TPSA) is 73.8 Å². The monoisotopic (exact) mass is 522 g/mol. The van der Waals surface area contributed by atoms with E-state index in [-0.39, 0.29) is 24.0 Å². The molecule has 2 rings (SSSR count). The van der Waals surface area contributed by atoms with Crippen molar-refractivity contribution in [2.45, 2.75) is 44.6 Å². The van der Waals surface area contributed by atoms with Gasteiger partial charge in [0.2, 0.25) is 0 Å². The van der Waals surface area contributed by atoms with Gasteiger partial charge in [0.25, 0.3) is 0 Å². The first-order valence-electron chi connectivity index (χ1n) is 9.80. The fourth-order valence-electron chi connectivity index (χ4n) is 3.62. The van der Waals surface area contributed by atoms with Crippen LogP contribution < -0.4 is 10.6 Å². The zero-order valence-corrected chi connectivity index (χ0v) is 20.6. The second-order valence-electron chi connectivity index (χ2n) is 7.46. The Balaban J connectivity index is 0.00000392. The Hall–Kier alpha value is -0.870. The smallest absolute Gasteiger partial charge is 0.191 e. The highest BCUT2D eigenvalue weighted by Crippen LogP contribution is 2.17. The van der Waals surface area contributed by atoms with E-state index in [2.05, 4.69) is 27.4 Å². The molecule has 1 saturated heterocycles. The van der Waals surface area contributed by atoms with E-state index < -0.39 is 9.84 Å². The maximum Gasteiger partial charge on any atom is 0.191 e. The SMILES string of the molecule is CCCN1CCC(CNC(=NC)NCc2ccc(S(C)(=O)=O)c(C)c2)CC1.I. The summed E-state index contributed by atoms with van der Waals surface area (Å²) in [6.07, 6.45) is 4.93. The van der Waals surface area contributed by atoms with E-state index in [1.54, 1.807) is 13.1 Å². The standard InChI is InChI=1S/C20H34N4O2S.HI/c1-5-10-24-11-8-17(9-12-24)14-22-20(21-3)23-15-18-6-7-19(16(2)13-18)27(4,25)26;/h6-7,13,17H,5,8-12,14-15H2,1-4H3,(H2,21,22,23);1H. The van der Waals surface area contributed by atoms with Crippen LogP contribution in [0.15, 0.2) is 28.1 Å². The fraction of sp³-hybridized carbons (Fsp3) is 0.650. The molecular weight excluding hydrogens is 487 g/mol. The summed E-state index contributed by atoms with van der Waals surface area (Å²) in [6, 6.07) is 5.45. The van der Waals surface area contributed by atoms with Crippen molar-refractivity contribution in [1.82, 2.24) is 15.5 Å². The lowest BCUT2D eigenvalue weighted by molar-refractivity contribution is 0.185. The molecule has 0 radical (unpaired) electrons. The number of benzene rings is 1. The lowest BCUT2D eigenvalue weighted by atomic mass is 9.97. The molecule has 0 atom stereocenters. The number of sulfone groups is 1. The van der Waals surface area contributed by atoms with Crippen LogP contribution in [0.25, 0.3) is 0 Å². The third-order valence-corrected chi connectivity index (χ3v) is 6.38. The Bertz CT molecular complexity index is 745. The van der Waals surface area contributed by atoms with E-state index in [4.69, 9.17) is 0 Å². The molecule has 1 aliphatic rings. The van der Waals surface area contributed by atoms with Gasteiger partial charge in [0.05, 0.1) is 4.90 Å². The molecule has 1 fully saturated rings. The number of rotatable bonds is 7. The van der Waals surface area contributed by atoms with Gasteiger partial charge in [-0.2, -0.15) is 0 Å². The van der Waals surface area contributed by atoms with Crippen LogP contribution in [0.2, 0.25) is 0 Å². The van der Waals surface area contributed by atoms with Gasteiger partial charge in [0, 0.05) is 26.4 Å². The van der Waals surface area contributed by atoms with Crippen LogP contribution in [0.5, 0.6) is 0 Å². The number of hydrogen-bond acceptors (Lipinski definition) is 4. The maximum atomic E-state index is 11.7. The van der Waals surface area contributed by atoms with Gasteiger partial charge in [0.1, 0.15) is 0 Å². The summed E-state index contributed by atoms with van der Waals surface area (Å²) in [5.74, 6) is 1.48. The molecule has 0 aromatic heterocycles. The first-order valence-corrected chi connectivity index (χ1v) is 11.7. The average molecular weight is 522 g/mol. The van der Waals surface area contributed by atoms with Gasteiger partial charge in [-0.3, -0.25) is 4.99 Å². The summed E-state index contributed by atoms with van der Waals surface area (Å²) < 4.78 is 23.4. The molecule has 1 heterocycles. The van der Waals surface area contributed by atoms with Crippen LogP contribution in [-0.2, 0) is 16.4 Å². The van der Waals surface area contributed by atoms with Gasteiger partial charge in [-0.15, -0.1) is 24.0 Å². The summed E-state index contributed by atoms with van der Waals surface area (Å²) >= 11 is 0. The number of piperidine rings is 1. The van der Waals surface area contributed by atoms with Crippen molar-refractivity contribution in [3.8, 4) is 0 Å². The third-order valence-electron chi connectivity index (χ3n) is 5.13. The van der Waals surface area contributed by atoms with Crippen molar-refractivity contribution in [2.24, 2.45) is 10.9 Å². The maximum absolute atomic E-state index is 11.7. The number of nitrogens with one attached hydrogen (secondary N) is 2. The number of likely N-dealkylation sites (tertiary alicyclic amines) is 1. The van der Waals surface area contributed by atoms with Gasteiger partial charge in [0.15, 0.2) is 15.8 Å². The predicted molar refractivity (Wildman–Crippen MR) is 127 cm³/mol. The summed E-state index contributed by atoms with van der Waals surface area (Å²) in [5, 5.41) is 6.75. The minimum Gasteiger partial charge on any atom is -0.356 e. The summed E-state index contributed by atoms with van der Waals surface area (Å²) in [7, 11) is -1.40. The van der Waals surface area contributed by atoms with E-state index in [1.165, 1.54) is 45.2 Å². The van der Waals surface area contributed by atoms with E-state index in [9.17, 15) is 8.42 Å². The molecule has 6 nitrogen and oxygen atoms in total. The van der Waals surface area contributed by atoms with Gasteiger partial charge in [-0.25, -0.2) is 8.42 Å². The molecule has 1 aliphatic heterocycles. The summed E-state index contributed by atoms with van der Waals surface area (Å²) in [6.45, 7) is 9.21. The van der Waals surface area contributed by atoms with Crippen molar-refractivity contribution in [1.29, 1.82) is 0 Å². The second kappa shape index (κ2) is 12.0. The van der Waals surface area contributed by atoms with Gasteiger partial charge < -0.3 is 15.5 Å². The number of hydrogen-bond donors (Lipinski definition) is 2. The Morgan fingerprint density at radius 2 is 1.93 bits per heavy atom. The molecular formula is C20H35IN4O2S. The Morgan fingerprint density at radius 1 is 1.25 bits per heavy atom. The number of aryl methyl sites for hydroxylation is 1. The highest BCUT2D eigenvalue weighted by Gasteiger charge is 2.18. The molecule has 0 unspecified atom stereocenters. The van der Waals surface area contributed by atoms with Gasteiger partial charge in [-0.1, -0.05) is 19.1 Å². The first-order chi connectivity index (χ1) is 12.8. The zero-order valence-electron chi connectivity index (χ0n) is 17.5. The third kappa shape index (κ3) is 7.87. The van der Waals surface area contributed by atoms with Crippen LogP contribution in [0, 0.1) is 12.8 Å². The van der Waals surface area contributed by atoms with E-state index in [0.29, 0.717) is 17.4 Å². The van der Waals surface area contributed by atoms with Crippen LogP contribution in [0.1, 0.15) is 37.3 Å². The molecule has 0 bridgehead atoms. The highest BCUT2D eigenvalue weighted by molar-refractivity contribution is 14.0. The number of guanidine groups is 1. The van der Waals surface area contributed by atoms with Crippen molar-refractivity contribution < 1.29 is 8.42 Å². The quantitative estimate of drug-likeness (QED) is 0.328. The fourth-order valence-corrected chi connectivity index (χ4v) is 4.57. The van der Waals surface area contributed by atoms with E-state index >= 15 is 0 Å². The lowest BCUT2D eigenvalue weighted by Crippen LogP contribution is -2.42. The van der Waals surface area contributed by atoms with Crippen molar-refractivity contribution in [2.75, 3.05) is 39.5 Å². The van der Waals surface area contributed by atoms with Gasteiger partial charge in [-0.05, 0) is 68.9 Å². The summed E-state index contributed by atoms with van der Waals surface area (Å²) in [4.78, 5) is 7.24. The molecule has 0 saturated carbocycles. The van der Waals surface area contributed by atoms with Crippen LogP contribution >= 0.6 is 24.0 Å². The molecule has 8 heteroatoms. The first kappa shape index (κ1) is 25.2. The molecule has 0 spiro atoms. The zero-order chi connectivity index (χ0) is 19.9. The van der Waals surface area contributed by atoms with Crippen molar-refractivity contribution in [3.05, 3.63) is 29.3 Å². The molecule has 1 aromatic rings. The van der Waals surface area contributed by atoms with Crippen molar-refractivity contribution in [3.63, 3.8) is 0 Å². The molecule has 1 aromatic carbocycles. The molecule has 0 aliphatic carbocycles. The molecule has 2 N–H and O–H groups in total. The van der Waals surface area contributed by atoms with Crippen LogP contribution in [-0.4, -0.2) is 58.8 Å². The number of aliphatic imine (C=N–C) groups is 1. The average Bonchev–Trinajstić information content (AvgIpc) is 2.62. The van der Waals surface area contributed by atoms with Crippen LogP contribution in [0.4, 0.5) is 0 Å². The molecule has 28 heavy (non-hydrogen) atoms. The van der Waals surface area contributed by atoms with Crippen molar-refractivity contribution >= 4 is 39.8 Å². The minimum atomic E-state index is -3.17. The van der Waals surface area contributed by atoms with Gasteiger partial charge >= 0.3 is 0 Å². The van der Waals surface area contributed by atoms with E-state index in [1.807, 2.05) is 19.1 Å². The summed E-state index contributed by atoms with van der Waals surface area (Å²) in [5.41, 5.74) is 1.81. The lowest BCUT2D eigenvalue weighted by Gasteiger charge is -2.32. The Morgan fingerprint density at radius 3 is 2.46 bits per heavy atom.